The van der Waals surface area contributed by atoms with E-state index in [0.29, 0.717) is 33.6 Å². The number of nitrogens with one attached hydrogen (secondary N) is 1. The lowest BCUT2D eigenvalue weighted by Crippen LogP contribution is -2.15. The van der Waals surface area contributed by atoms with Crippen LogP contribution in [0.4, 0.5) is 0 Å². The monoisotopic (exact) mass is 434 g/mol. The predicted molar refractivity (Wildman–Crippen MR) is 111 cm³/mol. The van der Waals surface area contributed by atoms with Gasteiger partial charge in [-0.3, -0.25) is 4.79 Å². The molecular weight excluding hydrogens is 412 g/mol. The number of thioether (sulfide) groups is 1. The molecule has 1 N–H and O–H groups in total. The van der Waals surface area contributed by atoms with Crippen LogP contribution in [0.5, 0.6) is 0 Å². The highest BCUT2D eigenvalue weighted by Crippen LogP contribution is 2.32. The minimum Gasteiger partial charge on any atom is -0.462 e. The average Bonchev–Trinajstić information content (AvgIpc) is 3.32. The van der Waals surface area contributed by atoms with Crippen LogP contribution in [0, 0.1) is 27.7 Å². The first-order valence-corrected chi connectivity index (χ1v) is 10.8. The van der Waals surface area contributed by atoms with Gasteiger partial charge in [0.25, 0.3) is 11.1 Å². The van der Waals surface area contributed by atoms with Crippen molar-refractivity contribution >= 4 is 34.9 Å². The number of aromatic amines is 1. The summed E-state index contributed by atoms with van der Waals surface area (Å²) >= 11 is 2.66. The lowest BCUT2D eigenvalue weighted by Gasteiger charge is -2.07. The topological polar surface area (TPSA) is 111 Å². The Morgan fingerprint density at radius 3 is 2.59 bits per heavy atom. The molecule has 0 saturated carbocycles. The van der Waals surface area contributed by atoms with Gasteiger partial charge < -0.3 is 14.1 Å². The van der Waals surface area contributed by atoms with Crippen molar-refractivity contribution in [3.63, 3.8) is 0 Å². The average molecular weight is 435 g/mol. The van der Waals surface area contributed by atoms with Crippen molar-refractivity contribution in [2.45, 2.75) is 52.0 Å². The van der Waals surface area contributed by atoms with Gasteiger partial charge in [-0.25, -0.2) is 9.78 Å². The molecular formula is C19H22N4O4S2. The molecule has 0 aliphatic rings. The van der Waals surface area contributed by atoms with E-state index in [2.05, 4.69) is 20.2 Å². The summed E-state index contributed by atoms with van der Waals surface area (Å²) in [5.41, 5.74) is 2.82. The molecule has 0 fully saturated rings. The number of carbonyl (C=O) groups excluding carboxylic acids is 2. The zero-order valence-electron chi connectivity index (χ0n) is 17.1. The van der Waals surface area contributed by atoms with Gasteiger partial charge in [-0.05, 0) is 47.1 Å². The maximum atomic E-state index is 12.9. The van der Waals surface area contributed by atoms with Crippen LogP contribution in [0.3, 0.4) is 0 Å². The third-order valence-electron chi connectivity index (χ3n) is 4.31. The lowest BCUT2D eigenvalue weighted by atomic mass is 10.1. The molecule has 3 aromatic rings. The molecule has 0 aromatic carbocycles. The van der Waals surface area contributed by atoms with Crippen molar-refractivity contribution in [3.8, 4) is 10.8 Å². The maximum absolute atomic E-state index is 12.9. The number of aromatic nitrogens is 4. The fourth-order valence-electron chi connectivity index (χ4n) is 2.99. The van der Waals surface area contributed by atoms with Crippen molar-refractivity contribution in [3.05, 3.63) is 33.2 Å². The Labute approximate surface area is 176 Å². The molecule has 0 radical (unpaired) electrons. The number of esters is 1. The molecule has 3 aromatic heterocycles. The molecule has 0 aliphatic carbocycles. The van der Waals surface area contributed by atoms with Gasteiger partial charge in [-0.1, -0.05) is 11.8 Å². The number of ether oxygens (including phenoxy) is 1. The van der Waals surface area contributed by atoms with Crippen LogP contribution in [0.25, 0.3) is 10.8 Å². The smallest absolute Gasteiger partial charge is 0.340 e. The van der Waals surface area contributed by atoms with E-state index < -0.39 is 11.2 Å². The van der Waals surface area contributed by atoms with Crippen molar-refractivity contribution in [1.29, 1.82) is 0 Å². The number of Topliss-reactive ketones (excluding diaryl/α,β-unsaturated/α-hetero) is 1. The van der Waals surface area contributed by atoms with E-state index in [9.17, 15) is 9.59 Å². The van der Waals surface area contributed by atoms with E-state index in [1.807, 2.05) is 13.8 Å². The first-order valence-electron chi connectivity index (χ1n) is 9.07. The Morgan fingerprint density at radius 2 is 1.97 bits per heavy atom. The van der Waals surface area contributed by atoms with Gasteiger partial charge in [-0.2, -0.15) is 0 Å². The molecule has 1 atom stereocenters. The lowest BCUT2D eigenvalue weighted by molar-refractivity contribution is 0.0525. The molecule has 10 heteroatoms. The first-order chi connectivity index (χ1) is 13.7. The Morgan fingerprint density at radius 1 is 1.24 bits per heavy atom. The van der Waals surface area contributed by atoms with E-state index in [-0.39, 0.29) is 12.4 Å². The zero-order chi connectivity index (χ0) is 21.3. The van der Waals surface area contributed by atoms with Gasteiger partial charge in [0.05, 0.1) is 33.8 Å². The van der Waals surface area contributed by atoms with Crippen LogP contribution >= 0.6 is 23.1 Å². The summed E-state index contributed by atoms with van der Waals surface area (Å²) in [5.74, 6) is -0.197. The van der Waals surface area contributed by atoms with Crippen LogP contribution in [-0.2, 0) is 4.74 Å². The van der Waals surface area contributed by atoms with E-state index in [4.69, 9.17) is 9.15 Å². The second-order valence-electron chi connectivity index (χ2n) is 6.49. The fraction of sp³-hybridized carbons (Fsp3) is 0.421. The zero-order valence-corrected chi connectivity index (χ0v) is 18.7. The minimum atomic E-state index is -0.487. The number of thiazole rings is 1. The number of carbonyl (C=O) groups is 2. The molecule has 0 unspecified atom stereocenters. The van der Waals surface area contributed by atoms with Crippen LogP contribution in [0.1, 0.15) is 56.7 Å². The molecule has 3 heterocycles. The normalized spacial score (nSPS) is 12.2. The fourth-order valence-corrected chi connectivity index (χ4v) is 4.58. The molecule has 154 valence electrons. The van der Waals surface area contributed by atoms with Gasteiger partial charge >= 0.3 is 5.97 Å². The Kier molecular flexibility index (Phi) is 6.23. The predicted octanol–water partition coefficient (Wildman–Crippen LogP) is 4.30. The number of rotatable bonds is 7. The van der Waals surface area contributed by atoms with E-state index in [0.717, 1.165) is 15.6 Å². The number of nitrogens with zero attached hydrogens (tertiary/aromatic N) is 3. The van der Waals surface area contributed by atoms with Crippen LogP contribution < -0.4 is 0 Å². The van der Waals surface area contributed by atoms with Gasteiger partial charge in [0, 0.05) is 5.69 Å². The minimum absolute atomic E-state index is 0.157. The quantitative estimate of drug-likeness (QED) is 0.333. The number of hydrogen-bond acceptors (Lipinski definition) is 9. The van der Waals surface area contributed by atoms with Crippen LogP contribution in [0.2, 0.25) is 0 Å². The van der Waals surface area contributed by atoms with Crippen molar-refractivity contribution < 1.29 is 18.7 Å². The van der Waals surface area contributed by atoms with Crippen molar-refractivity contribution in [2.24, 2.45) is 0 Å². The van der Waals surface area contributed by atoms with Gasteiger partial charge in [0.1, 0.15) is 4.88 Å². The highest BCUT2D eigenvalue weighted by atomic mass is 32.2. The summed E-state index contributed by atoms with van der Waals surface area (Å²) in [7, 11) is 0. The summed E-state index contributed by atoms with van der Waals surface area (Å²) in [4.78, 5) is 33.3. The number of aryl methyl sites for hydroxylation is 3. The van der Waals surface area contributed by atoms with Gasteiger partial charge in [0.2, 0.25) is 0 Å². The molecule has 8 nitrogen and oxygen atoms in total. The standard InChI is InChI=1S/C19H22N4O4S2/c1-7-26-18(25)13-8(2)14(21-9(13)3)15(24)11(5)28-19-23-22-17(27-19)16-10(4)20-12(6)29-16/h11,21H,7H2,1-6H3/t11-/m1/s1. The SMILES string of the molecule is CCOC(=O)c1c(C)[nH]c(C(=O)[C@@H](C)Sc2nnc(-c3sc(C)nc3C)o2)c1C. The molecule has 0 spiro atoms. The molecule has 0 saturated heterocycles. The second-order valence-corrected chi connectivity index (χ2v) is 8.99. The summed E-state index contributed by atoms with van der Waals surface area (Å²) in [6.07, 6.45) is 0. The Balaban J connectivity index is 1.77. The van der Waals surface area contributed by atoms with Gasteiger partial charge in [0.15, 0.2) is 5.78 Å². The van der Waals surface area contributed by atoms with Crippen LogP contribution in [-0.4, -0.2) is 43.8 Å². The summed E-state index contributed by atoms with van der Waals surface area (Å²) < 4.78 is 10.8. The van der Waals surface area contributed by atoms with Crippen molar-refractivity contribution in [2.75, 3.05) is 6.61 Å². The van der Waals surface area contributed by atoms with E-state index in [1.54, 1.807) is 27.7 Å². The Bertz CT molecular complexity index is 1070. The summed E-state index contributed by atoms with van der Waals surface area (Å²) in [6.45, 7) is 11.1. The first kappa shape index (κ1) is 21.3. The third kappa shape index (κ3) is 4.27. The maximum Gasteiger partial charge on any atom is 0.340 e. The summed E-state index contributed by atoms with van der Waals surface area (Å²) in [5, 5.41) is 8.86. The molecule has 0 aliphatic heterocycles. The van der Waals surface area contributed by atoms with E-state index in [1.165, 1.54) is 23.1 Å². The number of H-pyrrole nitrogens is 1. The van der Waals surface area contributed by atoms with Crippen molar-refractivity contribution in [1.82, 2.24) is 20.2 Å². The molecule has 0 amide bonds. The second kappa shape index (κ2) is 8.50. The Hall–Kier alpha value is -2.46. The molecule has 29 heavy (non-hydrogen) atoms. The largest absolute Gasteiger partial charge is 0.462 e. The molecule has 0 bridgehead atoms. The molecule has 3 rings (SSSR count). The third-order valence-corrected chi connectivity index (χ3v) is 6.31. The highest BCUT2D eigenvalue weighted by Gasteiger charge is 2.27. The highest BCUT2D eigenvalue weighted by molar-refractivity contribution is 8.00. The number of hydrogen-bond donors (Lipinski definition) is 1. The van der Waals surface area contributed by atoms with E-state index >= 15 is 0 Å². The van der Waals surface area contributed by atoms with Crippen LogP contribution in [0.15, 0.2) is 9.64 Å². The number of ketones is 1. The summed E-state index contributed by atoms with van der Waals surface area (Å²) in [6, 6.07) is 0. The van der Waals surface area contributed by atoms with Gasteiger partial charge in [-0.15, -0.1) is 21.5 Å².